The molecule has 0 radical (unpaired) electrons. The van der Waals surface area contributed by atoms with E-state index in [1.807, 2.05) is 91.0 Å². The van der Waals surface area contributed by atoms with E-state index in [0.29, 0.717) is 16.5 Å². The fraction of sp³-hybridized carbons (Fsp3) is 0.263. The molecule has 0 aliphatic rings. The zero-order valence-electron chi connectivity index (χ0n) is 27.7. The van der Waals surface area contributed by atoms with Gasteiger partial charge in [0.2, 0.25) is 0 Å². The van der Waals surface area contributed by atoms with Crippen molar-refractivity contribution in [1.29, 1.82) is 0 Å². The molecule has 51 heavy (non-hydrogen) atoms. The minimum atomic E-state index is -1.67. The van der Waals surface area contributed by atoms with Crippen molar-refractivity contribution in [3.05, 3.63) is 118 Å². The second-order valence-corrected chi connectivity index (χ2v) is 12.5. The number of aliphatic carboxylic acids is 2. The lowest BCUT2D eigenvalue weighted by Crippen LogP contribution is -2.44. The summed E-state index contributed by atoms with van der Waals surface area (Å²) in [5, 5.41) is 40.3. The molecule has 0 saturated heterocycles. The van der Waals surface area contributed by atoms with Gasteiger partial charge in [-0.2, -0.15) is 0 Å². The van der Waals surface area contributed by atoms with Gasteiger partial charge in [-0.15, -0.1) is 0 Å². The van der Waals surface area contributed by atoms with E-state index in [-0.39, 0.29) is 25.9 Å². The summed E-state index contributed by atoms with van der Waals surface area (Å²) >= 11 is 12.0. The Balaban J connectivity index is 0.000000286. The number of carboxylic acid groups (broad SMARTS) is 2. The number of benzene rings is 4. The molecule has 0 fully saturated rings. The molecule has 1 amide bonds. The van der Waals surface area contributed by atoms with Crippen molar-refractivity contribution < 1.29 is 44.3 Å². The van der Waals surface area contributed by atoms with Crippen LogP contribution >= 0.6 is 23.2 Å². The standard InChI is InChI=1S/C21H22ClNO6.C17H18ClNO3/c1-2-29-21(28)19(25)23-17(12-18(24)20(26)27)10-13-6-8-14(9-7-13)15-4-3-5-16(22)11-15;18-14-3-1-2-13(9-14)12-6-4-11(5-7-12)8-15(19)10-16(20)17(21)22/h3-9,11,17-18,24H,2,10,12H2,1H3,(H,23,25)(H,26,27);1-7,9,15-16,20H,8,10,19H2,(H,21,22)/t17-,18-;15-,16-/m11/s1. The molecule has 4 aromatic rings. The molecular weight excluding hydrogens is 699 g/mol. The van der Waals surface area contributed by atoms with Gasteiger partial charge in [0.15, 0.2) is 12.2 Å². The Morgan fingerprint density at radius 2 is 1.14 bits per heavy atom. The molecule has 0 aromatic heterocycles. The zero-order valence-corrected chi connectivity index (χ0v) is 29.3. The average Bonchev–Trinajstić information content (AvgIpc) is 3.09. The van der Waals surface area contributed by atoms with E-state index in [4.69, 9.17) is 39.1 Å². The Labute approximate surface area is 305 Å². The van der Waals surface area contributed by atoms with Crippen LogP contribution in [0, 0.1) is 0 Å². The normalized spacial score (nSPS) is 13.1. The molecule has 7 N–H and O–H groups in total. The number of hydrogen-bond donors (Lipinski definition) is 6. The summed E-state index contributed by atoms with van der Waals surface area (Å²) in [6, 6.07) is 29.1. The Morgan fingerprint density at radius 1 is 0.686 bits per heavy atom. The molecule has 4 rings (SSSR count). The Hall–Kier alpha value is -4.78. The smallest absolute Gasteiger partial charge is 0.396 e. The Morgan fingerprint density at radius 3 is 1.57 bits per heavy atom. The van der Waals surface area contributed by atoms with Gasteiger partial charge in [0, 0.05) is 28.5 Å². The molecule has 0 bridgehead atoms. The molecule has 0 unspecified atom stereocenters. The van der Waals surface area contributed by atoms with Crippen LogP contribution in [0.3, 0.4) is 0 Å². The highest BCUT2D eigenvalue weighted by Crippen LogP contribution is 2.25. The average molecular weight is 740 g/mol. The predicted octanol–water partition coefficient (Wildman–Crippen LogP) is 5.15. The summed E-state index contributed by atoms with van der Waals surface area (Å²) in [6.45, 7) is 1.61. The molecule has 0 aliphatic heterocycles. The van der Waals surface area contributed by atoms with Gasteiger partial charge >= 0.3 is 23.8 Å². The first kappa shape index (κ1) is 40.6. The van der Waals surface area contributed by atoms with Crippen molar-refractivity contribution >= 4 is 47.0 Å². The first-order valence-corrected chi connectivity index (χ1v) is 16.8. The molecule has 0 aliphatic carbocycles. The Kier molecular flexibility index (Phi) is 16.1. The van der Waals surface area contributed by atoms with Crippen LogP contribution < -0.4 is 11.1 Å². The lowest BCUT2D eigenvalue weighted by Gasteiger charge is -2.20. The number of amides is 1. The van der Waals surface area contributed by atoms with Crippen LogP contribution in [0.5, 0.6) is 0 Å². The van der Waals surface area contributed by atoms with Crippen molar-refractivity contribution in [3.63, 3.8) is 0 Å². The number of nitrogens with two attached hydrogens (primary N) is 1. The van der Waals surface area contributed by atoms with Gasteiger partial charge in [-0.1, -0.05) is 96.0 Å². The van der Waals surface area contributed by atoms with Gasteiger partial charge in [0.1, 0.15) is 0 Å². The molecule has 4 atom stereocenters. The number of carboxylic acids is 2. The summed E-state index contributed by atoms with van der Waals surface area (Å²) in [5.74, 6) is -4.69. The van der Waals surface area contributed by atoms with E-state index in [2.05, 4.69) is 10.1 Å². The summed E-state index contributed by atoms with van der Waals surface area (Å²) in [7, 11) is 0. The lowest BCUT2D eigenvalue weighted by atomic mass is 9.98. The maximum absolute atomic E-state index is 11.9. The number of esters is 1. The van der Waals surface area contributed by atoms with Gasteiger partial charge in [0.05, 0.1) is 6.61 Å². The van der Waals surface area contributed by atoms with Crippen LogP contribution in [-0.4, -0.2) is 75.1 Å². The van der Waals surface area contributed by atoms with E-state index >= 15 is 0 Å². The van der Waals surface area contributed by atoms with Crippen molar-refractivity contribution in [2.24, 2.45) is 5.73 Å². The van der Waals surface area contributed by atoms with Crippen molar-refractivity contribution in [2.45, 2.75) is 56.9 Å². The quantitative estimate of drug-likeness (QED) is 0.0744. The number of aliphatic hydroxyl groups is 2. The number of hydrogen-bond acceptors (Lipinski definition) is 8. The molecular formula is C38H40Cl2N2O9. The van der Waals surface area contributed by atoms with Gasteiger partial charge < -0.3 is 36.2 Å². The summed E-state index contributed by atoms with van der Waals surface area (Å²) in [4.78, 5) is 45.1. The van der Waals surface area contributed by atoms with Gasteiger partial charge in [0.25, 0.3) is 0 Å². The Bertz CT molecular complexity index is 1770. The number of aliphatic hydroxyl groups excluding tert-OH is 2. The van der Waals surface area contributed by atoms with E-state index < -0.39 is 48.1 Å². The third kappa shape index (κ3) is 13.8. The number of ether oxygens (including phenoxy) is 1. The van der Waals surface area contributed by atoms with Crippen LogP contribution in [-0.2, 0) is 36.8 Å². The summed E-state index contributed by atoms with van der Waals surface area (Å²) in [5.41, 5.74) is 11.6. The summed E-state index contributed by atoms with van der Waals surface area (Å²) in [6.07, 6.45) is -2.57. The first-order valence-electron chi connectivity index (χ1n) is 16.0. The maximum Gasteiger partial charge on any atom is 0.396 e. The number of carbonyl (C=O) groups is 4. The molecule has 4 aromatic carbocycles. The molecule has 270 valence electrons. The monoisotopic (exact) mass is 738 g/mol. The van der Waals surface area contributed by atoms with Gasteiger partial charge in [-0.05, 0) is 83.8 Å². The highest BCUT2D eigenvalue weighted by Gasteiger charge is 2.25. The summed E-state index contributed by atoms with van der Waals surface area (Å²) < 4.78 is 4.64. The van der Waals surface area contributed by atoms with Crippen LogP contribution in [0.4, 0.5) is 0 Å². The molecule has 0 saturated carbocycles. The fourth-order valence-corrected chi connectivity index (χ4v) is 5.45. The first-order chi connectivity index (χ1) is 24.2. The molecule has 11 nitrogen and oxygen atoms in total. The highest BCUT2D eigenvalue weighted by molar-refractivity contribution is 6.32. The number of nitrogens with one attached hydrogen (secondary N) is 1. The number of rotatable bonds is 14. The van der Waals surface area contributed by atoms with Crippen LogP contribution in [0.1, 0.15) is 30.9 Å². The van der Waals surface area contributed by atoms with E-state index in [0.717, 1.165) is 33.4 Å². The van der Waals surface area contributed by atoms with E-state index in [1.54, 1.807) is 13.0 Å². The van der Waals surface area contributed by atoms with Crippen molar-refractivity contribution in [3.8, 4) is 22.3 Å². The molecule has 13 heteroatoms. The van der Waals surface area contributed by atoms with Crippen molar-refractivity contribution in [1.82, 2.24) is 5.32 Å². The van der Waals surface area contributed by atoms with Crippen LogP contribution in [0.2, 0.25) is 10.0 Å². The van der Waals surface area contributed by atoms with E-state index in [1.165, 1.54) is 0 Å². The van der Waals surface area contributed by atoms with E-state index in [9.17, 15) is 29.4 Å². The highest BCUT2D eigenvalue weighted by atomic mass is 35.5. The minimum Gasteiger partial charge on any atom is -0.479 e. The minimum absolute atomic E-state index is 0.0331. The topological polar surface area (TPSA) is 196 Å². The lowest BCUT2D eigenvalue weighted by molar-refractivity contribution is -0.155. The predicted molar refractivity (Wildman–Crippen MR) is 194 cm³/mol. The number of halogens is 2. The van der Waals surface area contributed by atoms with Crippen molar-refractivity contribution in [2.75, 3.05) is 6.61 Å². The van der Waals surface area contributed by atoms with Crippen LogP contribution in [0.25, 0.3) is 22.3 Å². The maximum atomic E-state index is 11.9. The fourth-order valence-electron chi connectivity index (χ4n) is 5.07. The molecule has 0 heterocycles. The third-order valence-corrected chi connectivity index (χ3v) is 8.07. The SMILES string of the molecule is CCOC(=O)C(=O)N[C@H](Cc1ccc(-c2cccc(Cl)c2)cc1)C[C@@H](O)C(=O)O.N[C@H](Cc1ccc(-c2cccc(Cl)c2)cc1)C[C@@H](O)C(=O)O. The third-order valence-electron chi connectivity index (χ3n) is 7.60. The van der Waals surface area contributed by atoms with Crippen LogP contribution in [0.15, 0.2) is 97.1 Å². The molecule has 0 spiro atoms. The largest absolute Gasteiger partial charge is 0.479 e. The second-order valence-electron chi connectivity index (χ2n) is 11.7. The zero-order chi connectivity index (χ0) is 37.5. The van der Waals surface area contributed by atoms with Gasteiger partial charge in [-0.3, -0.25) is 4.79 Å². The second kappa shape index (κ2) is 20.2. The van der Waals surface area contributed by atoms with Gasteiger partial charge in [-0.25, -0.2) is 14.4 Å². The number of carbonyl (C=O) groups excluding carboxylic acids is 2.